The fourth-order valence-electron chi connectivity index (χ4n) is 3.36. The minimum Gasteiger partial charge on any atom is -0.483 e. The summed E-state index contributed by atoms with van der Waals surface area (Å²) in [6.45, 7) is 3.70. The molecule has 0 saturated carbocycles. The molecule has 3 heterocycles. The average Bonchev–Trinajstić information content (AvgIpc) is 3.50. The van der Waals surface area contributed by atoms with Gasteiger partial charge in [-0.15, -0.1) is 11.3 Å². The van der Waals surface area contributed by atoms with Crippen LogP contribution in [0.1, 0.15) is 11.3 Å². The van der Waals surface area contributed by atoms with Crippen LogP contribution in [0.4, 0.5) is 5.82 Å². The number of aryl methyl sites for hydroxylation is 2. The number of hydrogen-bond donors (Lipinski definition) is 1. The SMILES string of the molecule is Cc1cc(NC(=O)COc2ccccc2C)n(-c2nc(-c3cc4ccccc4o3)cs2)n1. The van der Waals surface area contributed by atoms with Crippen LogP contribution >= 0.6 is 11.3 Å². The van der Waals surface area contributed by atoms with Crippen molar-refractivity contribution in [2.24, 2.45) is 0 Å². The molecule has 1 amide bonds. The molecule has 7 nitrogen and oxygen atoms in total. The molecule has 0 aliphatic heterocycles. The maximum absolute atomic E-state index is 12.5. The molecule has 2 aromatic carbocycles. The number of rotatable bonds is 6. The van der Waals surface area contributed by atoms with Crippen molar-refractivity contribution >= 4 is 34.0 Å². The molecular formula is C24H20N4O3S. The molecule has 5 aromatic rings. The van der Waals surface area contributed by atoms with E-state index in [4.69, 9.17) is 9.15 Å². The monoisotopic (exact) mass is 444 g/mol. The summed E-state index contributed by atoms with van der Waals surface area (Å²) in [5.74, 6) is 1.63. The first kappa shape index (κ1) is 20.0. The number of nitrogens with one attached hydrogen (secondary N) is 1. The number of hydrogen-bond acceptors (Lipinski definition) is 6. The second kappa shape index (κ2) is 8.32. The summed E-state index contributed by atoms with van der Waals surface area (Å²) in [4.78, 5) is 17.2. The standard InChI is InChI=1S/C24H20N4O3S/c1-15-7-3-5-9-19(15)30-13-23(29)26-22-11-16(2)27-28(22)24-25-18(14-32-24)21-12-17-8-4-6-10-20(17)31-21/h3-12,14H,13H2,1-2H3,(H,26,29). The van der Waals surface area contributed by atoms with Crippen LogP contribution in [0, 0.1) is 13.8 Å². The van der Waals surface area contributed by atoms with Crippen LogP contribution in [0.25, 0.3) is 27.6 Å². The molecule has 160 valence electrons. The minimum absolute atomic E-state index is 0.100. The first-order valence-corrected chi connectivity index (χ1v) is 10.9. The van der Waals surface area contributed by atoms with Crippen LogP contribution in [0.3, 0.4) is 0 Å². The van der Waals surface area contributed by atoms with E-state index in [-0.39, 0.29) is 12.5 Å². The normalized spacial score (nSPS) is 11.1. The number of carbonyl (C=O) groups excluding carboxylic acids is 1. The van der Waals surface area contributed by atoms with Gasteiger partial charge in [-0.3, -0.25) is 4.79 Å². The number of benzene rings is 2. The van der Waals surface area contributed by atoms with Crippen molar-refractivity contribution in [3.05, 3.63) is 77.3 Å². The molecule has 3 aromatic heterocycles. The van der Waals surface area contributed by atoms with E-state index in [1.165, 1.54) is 11.3 Å². The summed E-state index contributed by atoms with van der Waals surface area (Å²) in [5, 5.41) is 10.9. The van der Waals surface area contributed by atoms with Gasteiger partial charge in [0.2, 0.25) is 5.13 Å². The zero-order chi connectivity index (χ0) is 22.1. The van der Waals surface area contributed by atoms with Crippen molar-refractivity contribution in [3.8, 4) is 22.3 Å². The van der Waals surface area contributed by atoms with E-state index < -0.39 is 0 Å². The van der Waals surface area contributed by atoms with Crippen molar-refractivity contribution in [2.45, 2.75) is 13.8 Å². The van der Waals surface area contributed by atoms with Gasteiger partial charge in [-0.05, 0) is 37.6 Å². The van der Waals surface area contributed by atoms with Gasteiger partial charge in [0.25, 0.3) is 5.91 Å². The number of thiazole rings is 1. The fourth-order valence-corrected chi connectivity index (χ4v) is 4.13. The Bertz CT molecular complexity index is 1380. The van der Waals surface area contributed by atoms with Crippen LogP contribution in [0.5, 0.6) is 5.75 Å². The lowest BCUT2D eigenvalue weighted by Gasteiger charge is -2.09. The van der Waals surface area contributed by atoms with Crippen molar-refractivity contribution in [1.29, 1.82) is 0 Å². The predicted molar refractivity (Wildman–Crippen MR) is 124 cm³/mol. The zero-order valence-electron chi connectivity index (χ0n) is 17.5. The van der Waals surface area contributed by atoms with E-state index in [0.29, 0.717) is 22.5 Å². The van der Waals surface area contributed by atoms with Gasteiger partial charge in [-0.2, -0.15) is 9.78 Å². The Kier molecular flexibility index (Phi) is 5.20. The molecule has 0 spiro atoms. The van der Waals surface area contributed by atoms with Gasteiger partial charge in [-0.25, -0.2) is 4.98 Å². The van der Waals surface area contributed by atoms with Gasteiger partial charge >= 0.3 is 0 Å². The summed E-state index contributed by atoms with van der Waals surface area (Å²) >= 11 is 1.42. The summed E-state index contributed by atoms with van der Waals surface area (Å²) in [5.41, 5.74) is 3.27. The molecule has 32 heavy (non-hydrogen) atoms. The highest BCUT2D eigenvalue weighted by molar-refractivity contribution is 7.12. The third-order valence-electron chi connectivity index (χ3n) is 4.90. The number of amides is 1. The molecule has 0 fully saturated rings. The number of para-hydroxylation sites is 2. The summed E-state index contributed by atoms with van der Waals surface area (Å²) in [6.07, 6.45) is 0. The lowest BCUT2D eigenvalue weighted by molar-refractivity contribution is -0.118. The highest BCUT2D eigenvalue weighted by Crippen LogP contribution is 2.30. The van der Waals surface area contributed by atoms with Gasteiger partial charge in [0, 0.05) is 16.8 Å². The second-order valence-corrected chi connectivity index (χ2v) is 8.19. The van der Waals surface area contributed by atoms with Crippen molar-refractivity contribution in [3.63, 3.8) is 0 Å². The van der Waals surface area contributed by atoms with Crippen LogP contribution in [-0.4, -0.2) is 27.3 Å². The molecule has 8 heteroatoms. The van der Waals surface area contributed by atoms with E-state index in [2.05, 4.69) is 15.4 Å². The molecule has 0 atom stereocenters. The summed E-state index contributed by atoms with van der Waals surface area (Å²) in [6, 6.07) is 19.2. The quantitative estimate of drug-likeness (QED) is 0.380. The van der Waals surface area contributed by atoms with Gasteiger partial charge in [0.1, 0.15) is 22.8 Å². The molecule has 0 unspecified atom stereocenters. The Morgan fingerprint density at radius 1 is 1.12 bits per heavy atom. The van der Waals surface area contributed by atoms with E-state index in [1.54, 1.807) is 10.7 Å². The lowest BCUT2D eigenvalue weighted by atomic mass is 10.2. The first-order valence-electron chi connectivity index (χ1n) is 10.1. The van der Waals surface area contributed by atoms with Crippen LogP contribution in [0.2, 0.25) is 0 Å². The number of furan rings is 1. The molecule has 1 N–H and O–H groups in total. The van der Waals surface area contributed by atoms with E-state index in [1.807, 2.05) is 73.8 Å². The zero-order valence-corrected chi connectivity index (χ0v) is 18.3. The average molecular weight is 445 g/mol. The van der Waals surface area contributed by atoms with Crippen LogP contribution in [-0.2, 0) is 4.79 Å². The Hall–Kier alpha value is -3.91. The highest BCUT2D eigenvalue weighted by atomic mass is 32.1. The number of nitrogens with zero attached hydrogens (tertiary/aromatic N) is 3. The minimum atomic E-state index is -0.275. The predicted octanol–water partition coefficient (Wildman–Crippen LogP) is 5.38. The summed E-state index contributed by atoms with van der Waals surface area (Å²) < 4.78 is 13.2. The van der Waals surface area contributed by atoms with Gasteiger partial charge in [0.15, 0.2) is 12.4 Å². The molecule has 0 aliphatic rings. The number of anilines is 1. The third-order valence-corrected chi connectivity index (χ3v) is 5.72. The molecule has 0 saturated heterocycles. The smallest absolute Gasteiger partial charge is 0.263 e. The van der Waals surface area contributed by atoms with Gasteiger partial charge < -0.3 is 14.5 Å². The topological polar surface area (TPSA) is 82.2 Å². The summed E-state index contributed by atoms with van der Waals surface area (Å²) in [7, 11) is 0. The Balaban J connectivity index is 1.34. The van der Waals surface area contributed by atoms with Crippen molar-refractivity contribution in [1.82, 2.24) is 14.8 Å². The highest BCUT2D eigenvalue weighted by Gasteiger charge is 2.16. The molecule has 0 bridgehead atoms. The number of aromatic nitrogens is 3. The maximum atomic E-state index is 12.5. The molecular weight excluding hydrogens is 424 g/mol. The van der Waals surface area contributed by atoms with E-state index in [0.717, 1.165) is 27.9 Å². The fraction of sp³-hybridized carbons (Fsp3) is 0.125. The largest absolute Gasteiger partial charge is 0.483 e. The lowest BCUT2D eigenvalue weighted by Crippen LogP contribution is -2.22. The number of ether oxygens (including phenoxy) is 1. The Morgan fingerprint density at radius 3 is 2.78 bits per heavy atom. The Morgan fingerprint density at radius 2 is 1.94 bits per heavy atom. The van der Waals surface area contributed by atoms with Gasteiger partial charge in [0.05, 0.1) is 5.69 Å². The van der Waals surface area contributed by atoms with Gasteiger partial charge in [-0.1, -0.05) is 36.4 Å². The van der Waals surface area contributed by atoms with Crippen LogP contribution < -0.4 is 10.1 Å². The van der Waals surface area contributed by atoms with Crippen LogP contribution in [0.15, 0.2) is 70.5 Å². The van der Waals surface area contributed by atoms with E-state index >= 15 is 0 Å². The maximum Gasteiger partial charge on any atom is 0.263 e. The number of fused-ring (bicyclic) bond motifs is 1. The number of carbonyl (C=O) groups is 1. The first-order chi connectivity index (χ1) is 15.6. The molecule has 0 radical (unpaired) electrons. The third kappa shape index (κ3) is 4.00. The van der Waals surface area contributed by atoms with E-state index in [9.17, 15) is 4.79 Å². The molecule has 5 rings (SSSR count). The Labute approximate surface area is 188 Å². The van der Waals surface area contributed by atoms with Crippen molar-refractivity contribution < 1.29 is 13.9 Å². The van der Waals surface area contributed by atoms with Crippen molar-refractivity contribution in [2.75, 3.05) is 11.9 Å². The molecule has 0 aliphatic carbocycles. The second-order valence-electron chi connectivity index (χ2n) is 7.35.